The van der Waals surface area contributed by atoms with Crippen LogP contribution in [0.25, 0.3) is 0 Å². The van der Waals surface area contributed by atoms with E-state index in [-0.39, 0.29) is 0 Å². The van der Waals surface area contributed by atoms with Crippen LogP contribution in [-0.4, -0.2) is 15.3 Å². The first-order valence-corrected chi connectivity index (χ1v) is 4.72. The van der Waals surface area contributed by atoms with Crippen molar-refractivity contribution in [1.82, 2.24) is 10.2 Å². The summed E-state index contributed by atoms with van der Waals surface area (Å²) in [4.78, 5) is 0. The molecule has 13 heavy (non-hydrogen) atoms. The Morgan fingerprint density at radius 1 is 1.46 bits per heavy atom. The lowest BCUT2D eigenvalue weighted by atomic mass is 10.0. The Balaban J connectivity index is 2.47. The van der Waals surface area contributed by atoms with Gasteiger partial charge in [-0.1, -0.05) is 6.92 Å². The molecular formula is C10H14N2O. The lowest BCUT2D eigenvalue weighted by molar-refractivity contribution is 0.149. The van der Waals surface area contributed by atoms with Gasteiger partial charge in [0.15, 0.2) is 0 Å². The Hall–Kier alpha value is -0.960. The normalized spacial score (nSPS) is 18.7. The highest BCUT2D eigenvalue weighted by molar-refractivity contribution is 5.31. The van der Waals surface area contributed by atoms with E-state index < -0.39 is 5.60 Å². The minimum atomic E-state index is -0.577. The molecule has 70 valence electrons. The van der Waals surface area contributed by atoms with Gasteiger partial charge in [-0.15, -0.1) is 0 Å². The molecule has 1 aromatic heterocycles. The van der Waals surface area contributed by atoms with E-state index in [0.29, 0.717) is 0 Å². The van der Waals surface area contributed by atoms with Gasteiger partial charge in [-0.3, -0.25) is 0 Å². The summed E-state index contributed by atoms with van der Waals surface area (Å²) < 4.78 is 0. The van der Waals surface area contributed by atoms with Crippen molar-refractivity contribution in [3.05, 3.63) is 23.0 Å². The molecule has 1 N–H and O–H groups in total. The monoisotopic (exact) mass is 178 g/mol. The molecule has 0 spiro atoms. The first-order chi connectivity index (χ1) is 6.15. The number of aryl methyl sites for hydroxylation is 2. The third-order valence-corrected chi connectivity index (χ3v) is 2.55. The van der Waals surface area contributed by atoms with Crippen LogP contribution in [0, 0.1) is 6.92 Å². The summed E-state index contributed by atoms with van der Waals surface area (Å²) >= 11 is 0. The lowest BCUT2D eigenvalue weighted by Crippen LogP contribution is -2.11. The Kier molecular flexibility index (Phi) is 1.84. The number of aliphatic hydroxyl groups is 1. The van der Waals surface area contributed by atoms with E-state index in [2.05, 4.69) is 10.2 Å². The number of aromatic nitrogens is 2. The van der Waals surface area contributed by atoms with Crippen molar-refractivity contribution in [3.8, 4) is 0 Å². The minimum Gasteiger partial charge on any atom is -0.385 e. The number of nitrogens with zero attached hydrogens (tertiary/aromatic N) is 2. The van der Waals surface area contributed by atoms with Crippen molar-refractivity contribution in [2.75, 3.05) is 0 Å². The molecule has 1 aliphatic carbocycles. The second-order valence-corrected chi connectivity index (χ2v) is 3.73. The fourth-order valence-corrected chi connectivity index (χ4v) is 1.57. The van der Waals surface area contributed by atoms with Crippen molar-refractivity contribution < 1.29 is 5.11 Å². The van der Waals surface area contributed by atoms with E-state index in [4.69, 9.17) is 0 Å². The molecule has 0 aliphatic heterocycles. The standard InChI is InChI=1S/C10H14N2O/c1-3-9-8(10(13)4-5-10)6-7(2)11-12-9/h6,13H,3-5H2,1-2H3. The van der Waals surface area contributed by atoms with Crippen molar-refractivity contribution in [3.63, 3.8) is 0 Å². The lowest BCUT2D eigenvalue weighted by Gasteiger charge is -2.11. The van der Waals surface area contributed by atoms with E-state index in [1.165, 1.54) is 0 Å². The van der Waals surface area contributed by atoms with Crippen LogP contribution < -0.4 is 0 Å². The van der Waals surface area contributed by atoms with Gasteiger partial charge in [0.1, 0.15) is 0 Å². The van der Waals surface area contributed by atoms with Gasteiger partial charge >= 0.3 is 0 Å². The van der Waals surface area contributed by atoms with Crippen molar-refractivity contribution in [2.45, 2.75) is 38.7 Å². The fourth-order valence-electron chi connectivity index (χ4n) is 1.57. The summed E-state index contributed by atoms with van der Waals surface area (Å²) in [6, 6.07) is 1.96. The quantitative estimate of drug-likeness (QED) is 0.743. The predicted octanol–water partition coefficient (Wildman–Crippen LogP) is 1.33. The van der Waals surface area contributed by atoms with Gasteiger partial charge in [-0.05, 0) is 32.3 Å². The number of hydrogen-bond acceptors (Lipinski definition) is 3. The molecule has 1 saturated carbocycles. The molecular weight excluding hydrogens is 164 g/mol. The van der Waals surface area contributed by atoms with Gasteiger partial charge < -0.3 is 5.11 Å². The van der Waals surface area contributed by atoms with Gasteiger partial charge in [0.25, 0.3) is 0 Å². The van der Waals surface area contributed by atoms with Gasteiger partial charge in [0.2, 0.25) is 0 Å². The zero-order chi connectivity index (χ0) is 9.47. The van der Waals surface area contributed by atoms with E-state index in [0.717, 1.165) is 36.2 Å². The van der Waals surface area contributed by atoms with E-state index >= 15 is 0 Å². The zero-order valence-electron chi connectivity index (χ0n) is 8.04. The molecule has 0 aromatic carbocycles. The summed E-state index contributed by atoms with van der Waals surface area (Å²) in [7, 11) is 0. The third-order valence-electron chi connectivity index (χ3n) is 2.55. The second kappa shape index (κ2) is 2.77. The van der Waals surface area contributed by atoms with Crippen molar-refractivity contribution in [1.29, 1.82) is 0 Å². The molecule has 0 amide bonds. The van der Waals surface area contributed by atoms with Gasteiger partial charge in [-0.2, -0.15) is 10.2 Å². The summed E-state index contributed by atoms with van der Waals surface area (Å²) in [6.45, 7) is 3.94. The maximum Gasteiger partial charge on any atom is 0.0917 e. The van der Waals surface area contributed by atoms with E-state index in [1.54, 1.807) is 0 Å². The van der Waals surface area contributed by atoms with Crippen LogP contribution in [0.3, 0.4) is 0 Å². The minimum absolute atomic E-state index is 0.577. The maximum absolute atomic E-state index is 9.97. The molecule has 0 unspecified atom stereocenters. The highest BCUT2D eigenvalue weighted by atomic mass is 16.3. The Labute approximate surface area is 77.8 Å². The molecule has 1 fully saturated rings. The Morgan fingerprint density at radius 2 is 2.15 bits per heavy atom. The molecule has 2 rings (SSSR count). The fraction of sp³-hybridized carbons (Fsp3) is 0.600. The van der Waals surface area contributed by atoms with Crippen LogP contribution in [0.5, 0.6) is 0 Å². The average Bonchev–Trinajstić information content (AvgIpc) is 2.85. The van der Waals surface area contributed by atoms with Gasteiger partial charge in [0.05, 0.1) is 17.0 Å². The molecule has 1 aromatic rings. The SMILES string of the molecule is CCc1nnc(C)cc1C1(O)CC1. The first-order valence-electron chi connectivity index (χ1n) is 4.72. The predicted molar refractivity (Wildman–Crippen MR) is 49.3 cm³/mol. The topological polar surface area (TPSA) is 46.0 Å². The summed E-state index contributed by atoms with van der Waals surface area (Å²) in [5.41, 5.74) is 2.23. The van der Waals surface area contributed by atoms with Crippen LogP contribution in [0.2, 0.25) is 0 Å². The van der Waals surface area contributed by atoms with Crippen molar-refractivity contribution in [2.24, 2.45) is 0 Å². The Morgan fingerprint density at radius 3 is 2.69 bits per heavy atom. The average molecular weight is 178 g/mol. The van der Waals surface area contributed by atoms with E-state index in [9.17, 15) is 5.11 Å². The molecule has 3 heteroatoms. The van der Waals surface area contributed by atoms with E-state index in [1.807, 2.05) is 19.9 Å². The molecule has 3 nitrogen and oxygen atoms in total. The largest absolute Gasteiger partial charge is 0.385 e. The van der Waals surface area contributed by atoms with Crippen LogP contribution in [0.4, 0.5) is 0 Å². The second-order valence-electron chi connectivity index (χ2n) is 3.73. The Bertz CT molecular complexity index is 332. The van der Waals surface area contributed by atoms with Crippen LogP contribution >= 0.6 is 0 Å². The molecule has 0 saturated heterocycles. The highest BCUT2D eigenvalue weighted by Gasteiger charge is 2.44. The first kappa shape index (κ1) is 8.63. The highest BCUT2D eigenvalue weighted by Crippen LogP contribution is 2.46. The smallest absolute Gasteiger partial charge is 0.0917 e. The molecule has 1 aliphatic rings. The van der Waals surface area contributed by atoms with Crippen molar-refractivity contribution >= 4 is 0 Å². The van der Waals surface area contributed by atoms with Gasteiger partial charge in [-0.25, -0.2) is 0 Å². The number of hydrogen-bond donors (Lipinski definition) is 1. The van der Waals surface area contributed by atoms with Crippen LogP contribution in [0.15, 0.2) is 6.07 Å². The summed E-state index contributed by atoms with van der Waals surface area (Å²) in [5.74, 6) is 0. The summed E-state index contributed by atoms with van der Waals surface area (Å²) in [5, 5.41) is 18.1. The van der Waals surface area contributed by atoms with Crippen LogP contribution in [-0.2, 0) is 12.0 Å². The molecule has 0 radical (unpaired) electrons. The molecule has 1 heterocycles. The maximum atomic E-state index is 9.97. The van der Waals surface area contributed by atoms with Gasteiger partial charge in [0, 0.05) is 5.56 Å². The molecule has 0 bridgehead atoms. The zero-order valence-corrected chi connectivity index (χ0v) is 8.04. The van der Waals surface area contributed by atoms with Crippen LogP contribution in [0.1, 0.15) is 36.7 Å². The number of rotatable bonds is 2. The molecule has 0 atom stereocenters. The third kappa shape index (κ3) is 1.44. The summed E-state index contributed by atoms with van der Waals surface area (Å²) in [6.07, 6.45) is 2.57.